The smallest absolute Gasteiger partial charge is 0.165 e. The highest BCUT2D eigenvalue weighted by Crippen LogP contribution is 2.25. The number of hydrogen-bond acceptors (Lipinski definition) is 2. The van der Waals surface area contributed by atoms with Gasteiger partial charge in [-0.3, -0.25) is 0 Å². The molecule has 3 heteroatoms. The molecule has 96 valence electrons. The molecule has 2 nitrogen and oxygen atoms in total. The number of nitrogens with one attached hydrogen (secondary N) is 1. The van der Waals surface area contributed by atoms with Gasteiger partial charge in [0, 0.05) is 6.04 Å². The van der Waals surface area contributed by atoms with Gasteiger partial charge in [0.15, 0.2) is 11.6 Å². The minimum absolute atomic E-state index is 0.287. The zero-order chi connectivity index (χ0) is 12.7. The predicted octanol–water partition coefficient (Wildman–Crippen LogP) is 3.68. The molecule has 0 aliphatic rings. The van der Waals surface area contributed by atoms with Crippen molar-refractivity contribution < 1.29 is 9.13 Å². The minimum Gasteiger partial charge on any atom is -0.494 e. The second-order valence-corrected chi connectivity index (χ2v) is 4.19. The van der Waals surface area contributed by atoms with Crippen molar-refractivity contribution in [3.05, 3.63) is 29.6 Å². The van der Waals surface area contributed by atoms with Crippen LogP contribution in [0.1, 0.15) is 44.7 Å². The molecule has 0 radical (unpaired) electrons. The average Bonchev–Trinajstić information content (AvgIpc) is 2.35. The Hall–Kier alpha value is -1.09. The summed E-state index contributed by atoms with van der Waals surface area (Å²) in [6.07, 6.45) is 3.24. The molecule has 1 aromatic carbocycles. The van der Waals surface area contributed by atoms with E-state index in [1.165, 1.54) is 13.2 Å². The molecule has 0 saturated heterocycles. The number of hydrogen-bond donors (Lipinski definition) is 1. The SMILES string of the molecule is CCCNC(CCC)c1ccc(F)c(OC)c1. The summed E-state index contributed by atoms with van der Waals surface area (Å²) in [5.74, 6) is 0.0175. The number of benzene rings is 1. The van der Waals surface area contributed by atoms with Crippen LogP contribution in [-0.2, 0) is 0 Å². The van der Waals surface area contributed by atoms with Crippen LogP contribution in [0.5, 0.6) is 5.75 Å². The van der Waals surface area contributed by atoms with Gasteiger partial charge in [0.2, 0.25) is 0 Å². The van der Waals surface area contributed by atoms with Crippen LogP contribution in [0.25, 0.3) is 0 Å². The van der Waals surface area contributed by atoms with Crippen LogP contribution in [0.15, 0.2) is 18.2 Å². The standard InChI is InChI=1S/C14H22FNO/c1-4-6-13(16-9-5-2)11-7-8-12(15)14(10-11)17-3/h7-8,10,13,16H,4-6,9H2,1-3H3. The molecule has 0 saturated carbocycles. The van der Waals surface area contributed by atoms with E-state index in [4.69, 9.17) is 4.74 Å². The molecule has 0 heterocycles. The summed E-state index contributed by atoms with van der Waals surface area (Å²) in [6.45, 7) is 5.27. The van der Waals surface area contributed by atoms with E-state index in [0.717, 1.165) is 31.4 Å². The molecule has 0 bridgehead atoms. The molecule has 0 spiro atoms. The monoisotopic (exact) mass is 239 g/mol. The van der Waals surface area contributed by atoms with Crippen molar-refractivity contribution in [3.63, 3.8) is 0 Å². The Balaban J connectivity index is 2.85. The first-order valence-corrected chi connectivity index (χ1v) is 6.29. The van der Waals surface area contributed by atoms with Gasteiger partial charge in [0.05, 0.1) is 7.11 Å². The Bertz CT molecular complexity index is 341. The number of ether oxygens (including phenoxy) is 1. The van der Waals surface area contributed by atoms with Gasteiger partial charge in [-0.25, -0.2) is 4.39 Å². The Morgan fingerprint density at radius 1 is 1.29 bits per heavy atom. The van der Waals surface area contributed by atoms with Crippen molar-refractivity contribution in [1.29, 1.82) is 0 Å². The van der Waals surface area contributed by atoms with E-state index in [9.17, 15) is 4.39 Å². The van der Waals surface area contributed by atoms with Crippen LogP contribution < -0.4 is 10.1 Å². The third-order valence-electron chi connectivity index (χ3n) is 2.80. The van der Waals surface area contributed by atoms with Crippen molar-refractivity contribution in [3.8, 4) is 5.75 Å². The summed E-state index contributed by atoms with van der Waals surface area (Å²) in [7, 11) is 1.50. The summed E-state index contributed by atoms with van der Waals surface area (Å²) in [4.78, 5) is 0. The lowest BCUT2D eigenvalue weighted by molar-refractivity contribution is 0.384. The average molecular weight is 239 g/mol. The summed E-state index contributed by atoms with van der Waals surface area (Å²) >= 11 is 0. The van der Waals surface area contributed by atoms with Crippen molar-refractivity contribution in [1.82, 2.24) is 5.32 Å². The number of methoxy groups -OCH3 is 1. The molecule has 1 unspecified atom stereocenters. The molecule has 0 aliphatic heterocycles. The first-order valence-electron chi connectivity index (χ1n) is 6.29. The fourth-order valence-electron chi connectivity index (χ4n) is 1.89. The Morgan fingerprint density at radius 3 is 2.65 bits per heavy atom. The van der Waals surface area contributed by atoms with Gasteiger partial charge < -0.3 is 10.1 Å². The van der Waals surface area contributed by atoms with Crippen LogP contribution in [0.3, 0.4) is 0 Å². The fraction of sp³-hybridized carbons (Fsp3) is 0.571. The van der Waals surface area contributed by atoms with Gasteiger partial charge in [-0.1, -0.05) is 26.3 Å². The van der Waals surface area contributed by atoms with Crippen molar-refractivity contribution in [2.75, 3.05) is 13.7 Å². The molecule has 0 aliphatic carbocycles. The molecule has 0 fully saturated rings. The van der Waals surface area contributed by atoms with Crippen molar-refractivity contribution in [2.24, 2.45) is 0 Å². The van der Waals surface area contributed by atoms with Gasteiger partial charge in [0.1, 0.15) is 0 Å². The molecule has 17 heavy (non-hydrogen) atoms. The first kappa shape index (κ1) is 14.0. The van der Waals surface area contributed by atoms with E-state index in [1.807, 2.05) is 6.07 Å². The highest BCUT2D eigenvalue weighted by atomic mass is 19.1. The summed E-state index contributed by atoms with van der Waals surface area (Å²) in [5.41, 5.74) is 1.10. The fourth-order valence-corrected chi connectivity index (χ4v) is 1.89. The van der Waals surface area contributed by atoms with E-state index in [1.54, 1.807) is 6.07 Å². The van der Waals surface area contributed by atoms with E-state index >= 15 is 0 Å². The van der Waals surface area contributed by atoms with Crippen LogP contribution in [0.4, 0.5) is 4.39 Å². The van der Waals surface area contributed by atoms with Gasteiger partial charge in [-0.15, -0.1) is 0 Å². The Labute approximate surface area is 103 Å². The molecule has 1 rings (SSSR count). The zero-order valence-electron chi connectivity index (χ0n) is 10.9. The zero-order valence-corrected chi connectivity index (χ0v) is 10.9. The molecule has 0 amide bonds. The summed E-state index contributed by atoms with van der Waals surface area (Å²) < 4.78 is 18.3. The lowest BCUT2D eigenvalue weighted by Crippen LogP contribution is -2.22. The minimum atomic E-state index is -0.304. The first-order chi connectivity index (χ1) is 8.22. The van der Waals surface area contributed by atoms with Gasteiger partial charge in [-0.05, 0) is 37.1 Å². The molecule has 0 aromatic heterocycles. The lowest BCUT2D eigenvalue weighted by atomic mass is 10.0. The largest absolute Gasteiger partial charge is 0.494 e. The van der Waals surface area contributed by atoms with Crippen LogP contribution in [0, 0.1) is 5.82 Å². The maximum atomic E-state index is 13.3. The summed E-state index contributed by atoms with van der Waals surface area (Å²) in [5, 5.41) is 3.48. The van der Waals surface area contributed by atoms with Crippen LogP contribution in [0.2, 0.25) is 0 Å². The van der Waals surface area contributed by atoms with Crippen LogP contribution in [-0.4, -0.2) is 13.7 Å². The van der Waals surface area contributed by atoms with Crippen LogP contribution >= 0.6 is 0 Å². The van der Waals surface area contributed by atoms with Gasteiger partial charge in [-0.2, -0.15) is 0 Å². The molecular weight excluding hydrogens is 217 g/mol. The summed E-state index contributed by atoms with van der Waals surface area (Å²) in [6, 6.07) is 5.39. The highest BCUT2D eigenvalue weighted by Gasteiger charge is 2.12. The van der Waals surface area contributed by atoms with E-state index < -0.39 is 0 Å². The number of rotatable bonds is 7. The molecule has 1 N–H and O–H groups in total. The van der Waals surface area contributed by atoms with E-state index in [2.05, 4.69) is 19.2 Å². The number of halogens is 1. The van der Waals surface area contributed by atoms with Crippen molar-refractivity contribution in [2.45, 2.75) is 39.2 Å². The normalized spacial score (nSPS) is 12.5. The molecular formula is C14H22FNO. The van der Waals surface area contributed by atoms with E-state index in [-0.39, 0.29) is 11.9 Å². The van der Waals surface area contributed by atoms with E-state index in [0.29, 0.717) is 5.75 Å². The molecule has 1 atom stereocenters. The second kappa shape index (κ2) is 7.28. The highest BCUT2D eigenvalue weighted by molar-refractivity contribution is 5.32. The lowest BCUT2D eigenvalue weighted by Gasteiger charge is -2.19. The maximum Gasteiger partial charge on any atom is 0.165 e. The second-order valence-electron chi connectivity index (χ2n) is 4.19. The Morgan fingerprint density at radius 2 is 2.06 bits per heavy atom. The van der Waals surface area contributed by atoms with Gasteiger partial charge >= 0.3 is 0 Å². The third kappa shape index (κ3) is 4.00. The topological polar surface area (TPSA) is 21.3 Å². The Kier molecular flexibility index (Phi) is 5.98. The van der Waals surface area contributed by atoms with Crippen molar-refractivity contribution >= 4 is 0 Å². The predicted molar refractivity (Wildman–Crippen MR) is 68.9 cm³/mol. The quantitative estimate of drug-likeness (QED) is 0.783. The van der Waals surface area contributed by atoms with Gasteiger partial charge in [0.25, 0.3) is 0 Å². The molecule has 1 aromatic rings. The third-order valence-corrected chi connectivity index (χ3v) is 2.80. The maximum absolute atomic E-state index is 13.3.